The zero-order chi connectivity index (χ0) is 19.5. The highest BCUT2D eigenvalue weighted by Crippen LogP contribution is 2.26. The van der Waals surface area contributed by atoms with Crippen LogP contribution >= 0.6 is 15.9 Å². The Bertz CT molecular complexity index is 1110. The number of rotatable bonds is 6. The first-order valence-electron chi connectivity index (χ1n) is 8.86. The van der Waals surface area contributed by atoms with E-state index in [1.807, 2.05) is 49.4 Å². The summed E-state index contributed by atoms with van der Waals surface area (Å²) in [5, 5.41) is 17.8. The van der Waals surface area contributed by atoms with E-state index in [-0.39, 0.29) is 0 Å². The fourth-order valence-corrected chi connectivity index (χ4v) is 3.24. The van der Waals surface area contributed by atoms with Crippen LogP contribution in [0.25, 0.3) is 16.9 Å². The molecule has 0 saturated carbocycles. The molecule has 3 heterocycles. The Morgan fingerprint density at radius 2 is 2.04 bits per heavy atom. The van der Waals surface area contributed by atoms with Gasteiger partial charge in [0.05, 0.1) is 29.0 Å². The van der Waals surface area contributed by atoms with Gasteiger partial charge in [0.1, 0.15) is 5.82 Å². The Kier molecular flexibility index (Phi) is 5.12. The molecule has 1 aromatic carbocycles. The van der Waals surface area contributed by atoms with E-state index in [0.717, 1.165) is 37.5 Å². The zero-order valence-corrected chi connectivity index (χ0v) is 16.8. The van der Waals surface area contributed by atoms with Crippen molar-refractivity contribution in [1.29, 1.82) is 0 Å². The molecule has 4 rings (SSSR count). The number of halogens is 1. The molecule has 0 aliphatic rings. The fraction of sp³-hybridized carbons (Fsp3) is 0.150. The van der Waals surface area contributed by atoms with Gasteiger partial charge < -0.3 is 10.1 Å². The Morgan fingerprint density at radius 3 is 2.79 bits per heavy atom. The van der Waals surface area contributed by atoms with Gasteiger partial charge in [-0.05, 0) is 28.9 Å². The fourth-order valence-electron chi connectivity index (χ4n) is 2.90. The lowest BCUT2D eigenvalue weighted by atomic mass is 10.1. The maximum atomic E-state index is 10.0. The van der Waals surface area contributed by atoms with Crippen LogP contribution in [0.4, 0.5) is 5.82 Å². The average molecular weight is 441 g/mol. The predicted octanol–water partition coefficient (Wildman–Crippen LogP) is 3.69. The number of nitrogens with zero attached hydrogens (tertiary/aromatic N) is 4. The van der Waals surface area contributed by atoms with Crippen LogP contribution in [0.2, 0.25) is 0 Å². The van der Waals surface area contributed by atoms with Gasteiger partial charge >= 0.3 is 5.88 Å². The van der Waals surface area contributed by atoms with Crippen LogP contribution in [0.3, 0.4) is 0 Å². The highest BCUT2D eigenvalue weighted by molar-refractivity contribution is 9.10. The van der Waals surface area contributed by atoms with Crippen LogP contribution in [0.5, 0.6) is 5.88 Å². The Hall–Kier alpha value is -3.13. The van der Waals surface area contributed by atoms with E-state index in [1.54, 1.807) is 23.0 Å². The smallest absolute Gasteiger partial charge is 0.416 e. The van der Waals surface area contributed by atoms with Gasteiger partial charge in [-0.25, -0.2) is 4.98 Å². The number of nitrogens with one attached hydrogen (secondary N) is 1. The summed E-state index contributed by atoms with van der Waals surface area (Å²) in [4.78, 5) is 4.72. The predicted molar refractivity (Wildman–Crippen MR) is 108 cm³/mol. The van der Waals surface area contributed by atoms with E-state index in [1.165, 1.54) is 0 Å². The molecule has 8 heteroatoms. The summed E-state index contributed by atoms with van der Waals surface area (Å²) in [6, 6.07) is 15.6. The summed E-state index contributed by atoms with van der Waals surface area (Å²) in [6.45, 7) is 2.86. The molecular weight excluding hydrogens is 422 g/mol. The molecule has 28 heavy (non-hydrogen) atoms. The van der Waals surface area contributed by atoms with Gasteiger partial charge in [0.15, 0.2) is 5.65 Å². The van der Waals surface area contributed by atoms with Gasteiger partial charge in [0.25, 0.3) is 0 Å². The molecule has 2 N–H and O–H groups in total. The molecule has 0 bridgehead atoms. The van der Waals surface area contributed by atoms with Gasteiger partial charge in [-0.3, -0.25) is 5.21 Å². The zero-order valence-electron chi connectivity index (χ0n) is 15.2. The highest BCUT2D eigenvalue weighted by Gasteiger charge is 2.14. The first-order chi connectivity index (χ1) is 13.7. The number of pyridine rings is 1. The molecule has 0 amide bonds. The molecule has 0 fully saturated rings. The third-order valence-electron chi connectivity index (χ3n) is 4.22. The second-order valence-corrected chi connectivity index (χ2v) is 6.98. The molecule has 3 aromatic heterocycles. The van der Waals surface area contributed by atoms with Crippen molar-refractivity contribution in [2.75, 3.05) is 11.9 Å². The summed E-state index contributed by atoms with van der Waals surface area (Å²) < 4.78 is 8.90. The van der Waals surface area contributed by atoms with Gasteiger partial charge in [-0.15, -0.1) is 0 Å². The Morgan fingerprint density at radius 1 is 1.21 bits per heavy atom. The molecule has 0 atom stereocenters. The van der Waals surface area contributed by atoms with Crippen LogP contribution in [-0.4, -0.2) is 26.4 Å². The molecule has 4 aromatic rings. The lowest BCUT2D eigenvalue weighted by molar-refractivity contribution is -0.906. The van der Waals surface area contributed by atoms with Crippen LogP contribution in [0, 0.1) is 0 Å². The van der Waals surface area contributed by atoms with Crippen molar-refractivity contribution in [1.82, 2.24) is 14.6 Å². The Balaban J connectivity index is 1.65. The van der Waals surface area contributed by atoms with E-state index in [9.17, 15) is 5.21 Å². The lowest BCUT2D eigenvalue weighted by Crippen LogP contribution is -2.33. The first kappa shape index (κ1) is 18.2. The van der Waals surface area contributed by atoms with Gasteiger partial charge in [-0.2, -0.15) is 9.61 Å². The minimum Gasteiger partial charge on any atom is -0.442 e. The third-order valence-corrected chi connectivity index (χ3v) is 4.78. The van der Waals surface area contributed by atoms with Crippen LogP contribution in [0.15, 0.2) is 65.4 Å². The summed E-state index contributed by atoms with van der Waals surface area (Å²) >= 11 is 3.51. The van der Waals surface area contributed by atoms with Gasteiger partial charge in [0.2, 0.25) is 6.20 Å². The summed E-state index contributed by atoms with van der Waals surface area (Å²) in [5.74, 6) is 1.20. The summed E-state index contributed by atoms with van der Waals surface area (Å²) in [6.07, 6.45) is 3.34. The maximum absolute atomic E-state index is 10.0. The average Bonchev–Trinajstić information content (AvgIpc) is 3.10. The van der Waals surface area contributed by atoms with E-state index in [2.05, 4.69) is 26.3 Å². The molecule has 0 aliphatic heterocycles. The number of anilines is 1. The molecule has 0 unspecified atom stereocenters. The van der Waals surface area contributed by atoms with E-state index in [0.29, 0.717) is 19.0 Å². The van der Waals surface area contributed by atoms with Crippen molar-refractivity contribution >= 4 is 27.4 Å². The molecule has 0 aliphatic carbocycles. The number of aromatic nitrogens is 4. The molecule has 0 spiro atoms. The maximum Gasteiger partial charge on any atom is 0.416 e. The quantitative estimate of drug-likeness (QED) is 0.353. The normalized spacial score (nSPS) is 10.9. The van der Waals surface area contributed by atoms with Crippen molar-refractivity contribution in [3.8, 4) is 17.1 Å². The number of hydrogen-bond donors (Lipinski definition) is 2. The van der Waals surface area contributed by atoms with Gasteiger partial charge in [-0.1, -0.05) is 30.3 Å². The number of benzene rings is 1. The standard InChI is InChI=1S/C20H19BrN5O2/c1-2-28-19-9-8-14(13-25(19)27)11-22-18-10-17(15-6-4-3-5-7-15)24-20-16(21)12-23-26(18)20/h3-10,12-13,22,27H,2,11H2,1H3/q+1. The Labute approximate surface area is 170 Å². The number of ether oxygens (including phenoxy) is 1. The van der Waals surface area contributed by atoms with Crippen LogP contribution in [-0.2, 0) is 6.54 Å². The molecule has 7 nitrogen and oxygen atoms in total. The first-order valence-corrected chi connectivity index (χ1v) is 9.65. The molecular formula is C20H19BrN5O2+. The highest BCUT2D eigenvalue weighted by atomic mass is 79.9. The van der Waals surface area contributed by atoms with E-state index < -0.39 is 0 Å². The van der Waals surface area contributed by atoms with E-state index >= 15 is 0 Å². The summed E-state index contributed by atoms with van der Waals surface area (Å²) in [5.41, 5.74) is 3.49. The van der Waals surface area contributed by atoms with Crippen molar-refractivity contribution in [2.24, 2.45) is 0 Å². The van der Waals surface area contributed by atoms with Crippen molar-refractivity contribution < 1.29 is 14.7 Å². The lowest BCUT2D eigenvalue weighted by Gasteiger charge is -2.10. The monoisotopic (exact) mass is 440 g/mol. The molecule has 0 radical (unpaired) electrons. The minimum absolute atomic E-state index is 0.403. The topological polar surface area (TPSA) is 75.6 Å². The summed E-state index contributed by atoms with van der Waals surface area (Å²) in [7, 11) is 0. The minimum atomic E-state index is 0.403. The second-order valence-electron chi connectivity index (χ2n) is 6.13. The molecule has 142 valence electrons. The third kappa shape index (κ3) is 3.63. The SMILES string of the molecule is CCOc1ccc(CNc2cc(-c3ccccc3)nc3c(Br)cnn23)c[n+]1O. The van der Waals surface area contributed by atoms with Crippen molar-refractivity contribution in [2.45, 2.75) is 13.5 Å². The van der Waals surface area contributed by atoms with Gasteiger partial charge in [0, 0.05) is 28.5 Å². The largest absolute Gasteiger partial charge is 0.442 e. The molecule has 0 saturated heterocycles. The van der Waals surface area contributed by atoms with Crippen molar-refractivity contribution in [3.05, 3.63) is 71.0 Å². The number of hydrogen-bond acceptors (Lipinski definition) is 5. The van der Waals surface area contributed by atoms with Crippen molar-refractivity contribution in [3.63, 3.8) is 0 Å². The second kappa shape index (κ2) is 7.85. The van der Waals surface area contributed by atoms with E-state index in [4.69, 9.17) is 9.72 Å². The van der Waals surface area contributed by atoms with Crippen LogP contribution < -0.4 is 14.8 Å². The number of fused-ring (bicyclic) bond motifs is 1. The van der Waals surface area contributed by atoms with Crippen LogP contribution in [0.1, 0.15) is 12.5 Å².